The monoisotopic (exact) mass is 228 g/mol. The van der Waals surface area contributed by atoms with Gasteiger partial charge in [0.2, 0.25) is 5.91 Å². The molecule has 94 valence electrons. The van der Waals surface area contributed by atoms with Gasteiger partial charge in [-0.25, -0.2) is 0 Å². The number of aliphatic hydroxyl groups is 1. The van der Waals surface area contributed by atoms with E-state index in [1.54, 1.807) is 0 Å². The molecule has 0 aromatic carbocycles. The van der Waals surface area contributed by atoms with Crippen LogP contribution in [-0.2, 0) is 4.79 Å². The molecular formula is C12H24N2O2. The summed E-state index contributed by atoms with van der Waals surface area (Å²) in [6.07, 6.45) is 2.90. The molecule has 0 radical (unpaired) electrons. The van der Waals surface area contributed by atoms with Gasteiger partial charge >= 0.3 is 0 Å². The Kier molecular flexibility index (Phi) is 4.74. The lowest BCUT2D eigenvalue weighted by molar-refractivity contribution is -0.132. The van der Waals surface area contributed by atoms with Gasteiger partial charge in [0.15, 0.2) is 0 Å². The molecule has 1 fully saturated rings. The van der Waals surface area contributed by atoms with Crippen molar-refractivity contribution in [1.29, 1.82) is 0 Å². The molecule has 4 nitrogen and oxygen atoms in total. The van der Waals surface area contributed by atoms with E-state index in [1.165, 1.54) is 0 Å². The molecule has 16 heavy (non-hydrogen) atoms. The van der Waals surface area contributed by atoms with Crippen LogP contribution >= 0.6 is 0 Å². The van der Waals surface area contributed by atoms with Crippen LogP contribution in [0.3, 0.4) is 0 Å². The van der Waals surface area contributed by atoms with Crippen molar-refractivity contribution in [2.24, 2.45) is 0 Å². The van der Waals surface area contributed by atoms with Crippen molar-refractivity contribution in [2.45, 2.75) is 51.6 Å². The normalized spacial score (nSPS) is 18.9. The van der Waals surface area contributed by atoms with E-state index in [2.05, 4.69) is 5.32 Å². The fraction of sp³-hybridized carbons (Fsp3) is 0.917. The highest BCUT2D eigenvalue weighted by Crippen LogP contribution is 2.12. The molecule has 1 aliphatic rings. The summed E-state index contributed by atoms with van der Waals surface area (Å²) in [4.78, 5) is 14.0. The Hall–Kier alpha value is -0.610. The number of nitrogens with zero attached hydrogens (tertiary/aromatic N) is 1. The van der Waals surface area contributed by atoms with Crippen molar-refractivity contribution >= 4 is 5.91 Å². The first-order valence-corrected chi connectivity index (χ1v) is 6.13. The number of hydrogen-bond acceptors (Lipinski definition) is 3. The lowest BCUT2D eigenvalue weighted by Crippen LogP contribution is -2.52. The minimum absolute atomic E-state index is 0.143. The Morgan fingerprint density at radius 1 is 1.44 bits per heavy atom. The standard InChI is InChI=1S/C12H24N2O2/c1-10(13-12(2,3)6-9-15)11(16)14-7-4-5-8-14/h10,13,15H,4-9H2,1-3H3. The van der Waals surface area contributed by atoms with Crippen LogP contribution in [-0.4, -0.2) is 47.2 Å². The summed E-state index contributed by atoms with van der Waals surface area (Å²) >= 11 is 0. The van der Waals surface area contributed by atoms with E-state index in [1.807, 2.05) is 25.7 Å². The second kappa shape index (κ2) is 5.64. The highest BCUT2D eigenvalue weighted by atomic mass is 16.3. The lowest BCUT2D eigenvalue weighted by Gasteiger charge is -2.31. The maximum Gasteiger partial charge on any atom is 0.239 e. The molecule has 0 aromatic rings. The van der Waals surface area contributed by atoms with Crippen molar-refractivity contribution in [2.75, 3.05) is 19.7 Å². The van der Waals surface area contributed by atoms with Gasteiger partial charge in [-0.1, -0.05) is 0 Å². The van der Waals surface area contributed by atoms with Gasteiger partial charge in [-0.3, -0.25) is 4.79 Å². The first-order valence-electron chi connectivity index (χ1n) is 6.13. The van der Waals surface area contributed by atoms with E-state index in [-0.39, 0.29) is 24.1 Å². The molecule has 2 N–H and O–H groups in total. The van der Waals surface area contributed by atoms with Crippen molar-refractivity contribution in [3.8, 4) is 0 Å². The molecule has 0 bridgehead atoms. The highest BCUT2D eigenvalue weighted by Gasteiger charge is 2.27. The van der Waals surface area contributed by atoms with Gasteiger partial charge in [-0.05, 0) is 40.0 Å². The zero-order valence-electron chi connectivity index (χ0n) is 10.6. The van der Waals surface area contributed by atoms with Gasteiger partial charge < -0.3 is 15.3 Å². The summed E-state index contributed by atoms with van der Waals surface area (Å²) in [6.45, 7) is 7.86. The van der Waals surface area contributed by atoms with E-state index in [0.29, 0.717) is 6.42 Å². The van der Waals surface area contributed by atoms with Gasteiger partial charge in [0.25, 0.3) is 0 Å². The first kappa shape index (κ1) is 13.5. The molecule has 1 heterocycles. The maximum atomic E-state index is 12.0. The third kappa shape index (κ3) is 3.76. The number of likely N-dealkylation sites (tertiary alicyclic amines) is 1. The molecular weight excluding hydrogens is 204 g/mol. The molecule has 0 saturated carbocycles. The van der Waals surface area contributed by atoms with Crippen LogP contribution in [0.1, 0.15) is 40.0 Å². The van der Waals surface area contributed by atoms with Gasteiger partial charge in [-0.15, -0.1) is 0 Å². The zero-order valence-corrected chi connectivity index (χ0v) is 10.6. The predicted molar refractivity (Wildman–Crippen MR) is 64.2 cm³/mol. The van der Waals surface area contributed by atoms with Gasteiger partial charge in [-0.2, -0.15) is 0 Å². The third-order valence-corrected chi connectivity index (χ3v) is 3.13. The van der Waals surface area contributed by atoms with Crippen molar-refractivity contribution in [3.05, 3.63) is 0 Å². The first-order chi connectivity index (χ1) is 7.46. The van der Waals surface area contributed by atoms with E-state index >= 15 is 0 Å². The van der Waals surface area contributed by atoms with Crippen molar-refractivity contribution in [3.63, 3.8) is 0 Å². The van der Waals surface area contributed by atoms with Crippen molar-refractivity contribution < 1.29 is 9.90 Å². The molecule has 0 aliphatic carbocycles. The Bertz CT molecular complexity index is 235. The Balaban J connectivity index is 2.44. The molecule has 1 aliphatic heterocycles. The minimum Gasteiger partial charge on any atom is -0.396 e. The molecule has 4 heteroatoms. The molecule has 0 aromatic heterocycles. The van der Waals surface area contributed by atoms with Crippen molar-refractivity contribution in [1.82, 2.24) is 10.2 Å². The van der Waals surface area contributed by atoms with Gasteiger partial charge in [0.1, 0.15) is 0 Å². The van der Waals surface area contributed by atoms with Crippen LogP contribution in [0.15, 0.2) is 0 Å². The number of amides is 1. The topological polar surface area (TPSA) is 52.6 Å². The van der Waals surface area contributed by atoms with Gasteiger partial charge in [0, 0.05) is 25.2 Å². The van der Waals surface area contributed by atoms with Gasteiger partial charge in [0.05, 0.1) is 6.04 Å². The molecule has 1 unspecified atom stereocenters. The van der Waals surface area contributed by atoms with Crippen LogP contribution in [0.5, 0.6) is 0 Å². The second-order valence-corrected chi connectivity index (χ2v) is 5.26. The molecule has 1 rings (SSSR count). The van der Waals surface area contributed by atoms with E-state index in [4.69, 9.17) is 5.11 Å². The quantitative estimate of drug-likeness (QED) is 0.730. The zero-order chi connectivity index (χ0) is 12.2. The number of aliphatic hydroxyl groups excluding tert-OH is 1. The summed E-state index contributed by atoms with van der Waals surface area (Å²) in [5.41, 5.74) is -0.191. The van der Waals surface area contributed by atoms with E-state index in [0.717, 1.165) is 25.9 Å². The van der Waals surface area contributed by atoms with E-state index < -0.39 is 0 Å². The summed E-state index contributed by atoms with van der Waals surface area (Å²) in [6, 6.07) is -0.167. The molecule has 0 spiro atoms. The Morgan fingerprint density at radius 2 is 2.00 bits per heavy atom. The third-order valence-electron chi connectivity index (χ3n) is 3.13. The number of carbonyl (C=O) groups is 1. The lowest BCUT2D eigenvalue weighted by atomic mass is 10.00. The predicted octanol–water partition coefficient (Wildman–Crippen LogP) is 0.748. The fourth-order valence-corrected chi connectivity index (χ4v) is 2.21. The minimum atomic E-state index is -0.191. The van der Waals surface area contributed by atoms with Crippen LogP contribution in [0.4, 0.5) is 0 Å². The number of rotatable bonds is 5. The largest absolute Gasteiger partial charge is 0.396 e. The van der Waals surface area contributed by atoms with E-state index in [9.17, 15) is 4.79 Å². The second-order valence-electron chi connectivity index (χ2n) is 5.26. The summed E-state index contributed by atoms with van der Waals surface area (Å²) < 4.78 is 0. The maximum absolute atomic E-state index is 12.0. The fourth-order valence-electron chi connectivity index (χ4n) is 2.21. The number of hydrogen-bond donors (Lipinski definition) is 2. The molecule has 1 atom stereocenters. The molecule has 1 saturated heterocycles. The summed E-state index contributed by atoms with van der Waals surface area (Å²) in [5, 5.41) is 12.2. The Labute approximate surface area is 98.0 Å². The average Bonchev–Trinajstić information content (AvgIpc) is 2.68. The SMILES string of the molecule is CC(NC(C)(C)CCO)C(=O)N1CCCC1. The highest BCUT2D eigenvalue weighted by molar-refractivity contribution is 5.81. The summed E-state index contributed by atoms with van der Waals surface area (Å²) in [5.74, 6) is 0.184. The average molecular weight is 228 g/mol. The van der Waals surface area contributed by atoms with Crippen LogP contribution in [0.2, 0.25) is 0 Å². The summed E-state index contributed by atoms with van der Waals surface area (Å²) in [7, 11) is 0. The van der Waals surface area contributed by atoms with Crippen LogP contribution in [0.25, 0.3) is 0 Å². The number of carbonyl (C=O) groups excluding carboxylic acids is 1. The smallest absolute Gasteiger partial charge is 0.239 e. The Morgan fingerprint density at radius 3 is 2.50 bits per heavy atom. The van der Waals surface area contributed by atoms with Crippen LogP contribution < -0.4 is 5.32 Å². The molecule has 1 amide bonds. The van der Waals surface area contributed by atoms with Crippen LogP contribution in [0, 0.1) is 0 Å². The number of nitrogens with one attached hydrogen (secondary N) is 1.